The van der Waals surface area contributed by atoms with E-state index >= 15 is 0 Å². The molecule has 0 heterocycles. The van der Waals surface area contributed by atoms with Gasteiger partial charge in [-0.15, -0.1) is 13.2 Å². The van der Waals surface area contributed by atoms with Crippen LogP contribution in [0, 0.1) is 0 Å². The van der Waals surface area contributed by atoms with Gasteiger partial charge in [-0.2, -0.15) is 0 Å². The van der Waals surface area contributed by atoms with Crippen molar-refractivity contribution in [3.8, 4) is 5.75 Å². The fourth-order valence-corrected chi connectivity index (χ4v) is 2.07. The van der Waals surface area contributed by atoms with E-state index in [1.54, 1.807) is 12.1 Å². The topological polar surface area (TPSA) is 35.2 Å². The van der Waals surface area contributed by atoms with E-state index in [2.05, 4.69) is 10.8 Å². The van der Waals surface area contributed by atoms with Crippen molar-refractivity contribution in [2.75, 3.05) is 0 Å². The van der Waals surface area contributed by atoms with Crippen molar-refractivity contribution in [2.45, 2.75) is 31.7 Å². The van der Waals surface area contributed by atoms with E-state index < -0.39 is 6.36 Å². The first-order valence-corrected chi connectivity index (χ1v) is 5.76. The molecule has 2 N–H and O–H groups in total. The van der Waals surface area contributed by atoms with Crippen LogP contribution in [0.4, 0.5) is 13.2 Å². The molecule has 0 aliphatic heterocycles. The molecule has 0 spiro atoms. The predicted molar refractivity (Wildman–Crippen MR) is 62.0 cm³/mol. The van der Waals surface area contributed by atoms with E-state index in [4.69, 9.17) is 5.73 Å². The number of hydrogen-bond donors (Lipinski definition) is 1. The third-order valence-corrected chi connectivity index (χ3v) is 2.95. The summed E-state index contributed by atoms with van der Waals surface area (Å²) in [5, 5.41) is 0. The standard InChI is InChI=1S/C13H14F3NO/c14-13(15,16)18-11-7-5-10(6-8-11)12(17)9-3-1-2-4-9/h3,5-8,12H,1-2,4,17H2. The first-order valence-electron chi connectivity index (χ1n) is 5.76. The van der Waals surface area contributed by atoms with Crippen molar-refractivity contribution in [3.05, 3.63) is 41.5 Å². The molecule has 1 unspecified atom stereocenters. The van der Waals surface area contributed by atoms with Gasteiger partial charge in [-0.25, -0.2) is 0 Å². The second-order valence-electron chi connectivity index (χ2n) is 4.27. The SMILES string of the molecule is NC(C1=CCCC1)c1ccc(OC(F)(F)F)cc1. The van der Waals surface area contributed by atoms with Gasteiger partial charge in [-0.05, 0) is 37.0 Å². The van der Waals surface area contributed by atoms with Gasteiger partial charge in [0.15, 0.2) is 0 Å². The minimum absolute atomic E-state index is 0.223. The molecule has 2 nitrogen and oxygen atoms in total. The van der Waals surface area contributed by atoms with Crippen LogP contribution in [0.5, 0.6) is 5.75 Å². The third-order valence-electron chi connectivity index (χ3n) is 2.95. The Hall–Kier alpha value is -1.49. The predicted octanol–water partition coefficient (Wildman–Crippen LogP) is 3.70. The Bertz CT molecular complexity index is 437. The third kappa shape index (κ3) is 3.26. The van der Waals surface area contributed by atoms with Crippen LogP contribution in [0.15, 0.2) is 35.9 Å². The van der Waals surface area contributed by atoms with Crippen molar-refractivity contribution >= 4 is 0 Å². The number of alkyl halides is 3. The maximum Gasteiger partial charge on any atom is 0.573 e. The Morgan fingerprint density at radius 3 is 2.33 bits per heavy atom. The largest absolute Gasteiger partial charge is 0.573 e. The minimum Gasteiger partial charge on any atom is -0.406 e. The molecule has 98 valence electrons. The first-order chi connectivity index (χ1) is 8.46. The van der Waals surface area contributed by atoms with Crippen LogP contribution in [-0.4, -0.2) is 6.36 Å². The molecule has 18 heavy (non-hydrogen) atoms. The van der Waals surface area contributed by atoms with Crippen LogP contribution >= 0.6 is 0 Å². The summed E-state index contributed by atoms with van der Waals surface area (Å²) < 4.78 is 39.8. The van der Waals surface area contributed by atoms with Crippen molar-refractivity contribution < 1.29 is 17.9 Å². The second-order valence-corrected chi connectivity index (χ2v) is 4.27. The Labute approximate surface area is 103 Å². The van der Waals surface area contributed by atoms with Gasteiger partial charge >= 0.3 is 6.36 Å². The smallest absolute Gasteiger partial charge is 0.406 e. The number of halogens is 3. The van der Waals surface area contributed by atoms with Gasteiger partial charge in [0.05, 0.1) is 6.04 Å². The number of benzene rings is 1. The molecule has 1 aromatic rings. The molecule has 0 fully saturated rings. The highest BCUT2D eigenvalue weighted by atomic mass is 19.4. The molecule has 0 radical (unpaired) electrons. The number of hydrogen-bond acceptors (Lipinski definition) is 2. The van der Waals surface area contributed by atoms with Gasteiger partial charge in [0.1, 0.15) is 5.75 Å². The van der Waals surface area contributed by atoms with E-state index in [0.717, 1.165) is 30.4 Å². The molecule has 0 saturated heterocycles. The Kier molecular flexibility index (Phi) is 3.61. The zero-order valence-corrected chi connectivity index (χ0v) is 9.70. The number of allylic oxidation sites excluding steroid dienone is 1. The van der Waals surface area contributed by atoms with Crippen LogP contribution in [0.1, 0.15) is 30.9 Å². The Balaban J connectivity index is 2.07. The zero-order valence-electron chi connectivity index (χ0n) is 9.70. The van der Waals surface area contributed by atoms with Crippen molar-refractivity contribution in [3.63, 3.8) is 0 Å². The first kappa shape index (κ1) is 13.0. The van der Waals surface area contributed by atoms with Gasteiger partial charge in [0.25, 0.3) is 0 Å². The number of nitrogens with two attached hydrogens (primary N) is 1. The van der Waals surface area contributed by atoms with Crippen LogP contribution in [0.25, 0.3) is 0 Å². The fraction of sp³-hybridized carbons (Fsp3) is 0.385. The van der Waals surface area contributed by atoms with Crippen molar-refractivity contribution in [2.24, 2.45) is 5.73 Å². The van der Waals surface area contributed by atoms with E-state index in [9.17, 15) is 13.2 Å². The molecule has 0 bridgehead atoms. The quantitative estimate of drug-likeness (QED) is 0.838. The lowest BCUT2D eigenvalue weighted by molar-refractivity contribution is -0.274. The highest BCUT2D eigenvalue weighted by Gasteiger charge is 2.31. The van der Waals surface area contributed by atoms with Crippen LogP contribution < -0.4 is 10.5 Å². The van der Waals surface area contributed by atoms with Gasteiger partial charge in [-0.1, -0.05) is 23.8 Å². The van der Waals surface area contributed by atoms with E-state index in [1.807, 2.05) is 0 Å². The average Bonchev–Trinajstić information content (AvgIpc) is 2.80. The van der Waals surface area contributed by atoms with Crippen molar-refractivity contribution in [1.29, 1.82) is 0 Å². The maximum atomic E-state index is 12.0. The summed E-state index contributed by atoms with van der Waals surface area (Å²) in [5.74, 6) is -0.223. The summed E-state index contributed by atoms with van der Waals surface area (Å²) in [4.78, 5) is 0. The molecule has 0 aromatic heterocycles. The minimum atomic E-state index is -4.66. The van der Waals surface area contributed by atoms with Gasteiger partial charge < -0.3 is 10.5 Å². The lowest BCUT2D eigenvalue weighted by Gasteiger charge is -2.14. The van der Waals surface area contributed by atoms with E-state index in [0.29, 0.717) is 0 Å². The van der Waals surface area contributed by atoms with Crippen LogP contribution in [-0.2, 0) is 0 Å². The number of rotatable bonds is 3. The molecule has 1 aliphatic carbocycles. The summed E-state index contributed by atoms with van der Waals surface area (Å²) in [6.45, 7) is 0. The highest BCUT2D eigenvalue weighted by Crippen LogP contribution is 2.30. The Morgan fingerprint density at radius 2 is 1.83 bits per heavy atom. The second kappa shape index (κ2) is 5.02. The van der Waals surface area contributed by atoms with Crippen LogP contribution in [0.2, 0.25) is 0 Å². The monoisotopic (exact) mass is 257 g/mol. The summed E-state index contributed by atoms with van der Waals surface area (Å²) in [5.41, 5.74) is 8.00. The zero-order chi connectivity index (χ0) is 13.2. The summed E-state index contributed by atoms with van der Waals surface area (Å²) in [7, 11) is 0. The molecule has 1 aliphatic rings. The molecule has 5 heteroatoms. The molecule has 1 aromatic carbocycles. The Morgan fingerprint density at radius 1 is 1.17 bits per heavy atom. The molecule has 0 saturated carbocycles. The van der Waals surface area contributed by atoms with Crippen LogP contribution in [0.3, 0.4) is 0 Å². The van der Waals surface area contributed by atoms with E-state index in [-0.39, 0.29) is 11.8 Å². The van der Waals surface area contributed by atoms with Gasteiger partial charge in [-0.3, -0.25) is 0 Å². The molecule has 1 atom stereocenters. The summed E-state index contributed by atoms with van der Waals surface area (Å²) >= 11 is 0. The molecule has 2 rings (SSSR count). The van der Waals surface area contributed by atoms with E-state index in [1.165, 1.54) is 12.1 Å². The normalized spacial score (nSPS) is 17.4. The lowest BCUT2D eigenvalue weighted by atomic mass is 9.99. The van der Waals surface area contributed by atoms with Crippen molar-refractivity contribution in [1.82, 2.24) is 0 Å². The average molecular weight is 257 g/mol. The number of ether oxygens (including phenoxy) is 1. The maximum absolute atomic E-state index is 12.0. The fourth-order valence-electron chi connectivity index (χ4n) is 2.07. The summed E-state index contributed by atoms with van der Waals surface area (Å²) in [6, 6.07) is 5.50. The van der Waals surface area contributed by atoms with Gasteiger partial charge in [0.2, 0.25) is 0 Å². The molecule has 0 amide bonds. The molecular formula is C13H14F3NO. The summed E-state index contributed by atoms with van der Waals surface area (Å²) in [6.07, 6.45) is 0.529. The highest BCUT2D eigenvalue weighted by molar-refractivity contribution is 5.34. The lowest BCUT2D eigenvalue weighted by Crippen LogP contribution is -2.17. The molecular weight excluding hydrogens is 243 g/mol. The van der Waals surface area contributed by atoms with Gasteiger partial charge in [0, 0.05) is 0 Å².